The van der Waals surface area contributed by atoms with E-state index in [1.54, 1.807) is 0 Å². The summed E-state index contributed by atoms with van der Waals surface area (Å²) in [6, 6.07) is 15.3. The van der Waals surface area contributed by atoms with Crippen LogP contribution in [0.15, 0.2) is 48.5 Å². The van der Waals surface area contributed by atoms with E-state index in [0.717, 1.165) is 14.9 Å². The third-order valence-electron chi connectivity index (χ3n) is 2.81. The minimum Gasteiger partial charge on any atom is -0.494 e. The van der Waals surface area contributed by atoms with Crippen molar-refractivity contribution in [1.29, 1.82) is 0 Å². The maximum absolute atomic E-state index is 12.1. The molecular weight excluding hydrogens is 365 g/mol. The first-order valence-electron chi connectivity index (χ1n) is 6.45. The number of ether oxygens (including phenoxy) is 1. The Kier molecular flexibility index (Phi) is 5.40. The van der Waals surface area contributed by atoms with Gasteiger partial charge in [0.05, 0.1) is 12.2 Å². The molecule has 0 bridgehead atoms. The predicted molar refractivity (Wildman–Crippen MR) is 87.9 cm³/mol. The number of amides is 1. The van der Waals surface area contributed by atoms with Gasteiger partial charge in [0.25, 0.3) is 5.91 Å². The highest BCUT2D eigenvalue weighted by Gasteiger charge is 2.08. The van der Waals surface area contributed by atoms with Crippen molar-refractivity contribution in [2.24, 2.45) is 0 Å². The third-order valence-corrected chi connectivity index (χ3v) is 3.75. The zero-order valence-electron chi connectivity index (χ0n) is 11.2. The zero-order chi connectivity index (χ0) is 14.4. The molecule has 0 aliphatic heterocycles. The Labute approximate surface area is 132 Å². The SMILES string of the molecule is CCOc1ccc(CNC(=O)c2ccccc2I)cc1. The number of nitrogens with one attached hydrogen (secondary N) is 1. The minimum absolute atomic E-state index is 0.0520. The molecule has 1 N–H and O–H groups in total. The average molecular weight is 381 g/mol. The van der Waals surface area contributed by atoms with Crippen LogP contribution in [0.3, 0.4) is 0 Å². The Morgan fingerprint density at radius 1 is 1.15 bits per heavy atom. The van der Waals surface area contributed by atoms with Crippen molar-refractivity contribution < 1.29 is 9.53 Å². The minimum atomic E-state index is -0.0520. The lowest BCUT2D eigenvalue weighted by atomic mass is 10.2. The fraction of sp³-hybridized carbons (Fsp3) is 0.188. The predicted octanol–water partition coefficient (Wildman–Crippen LogP) is 3.62. The Morgan fingerprint density at radius 2 is 1.85 bits per heavy atom. The van der Waals surface area contributed by atoms with E-state index < -0.39 is 0 Å². The Balaban J connectivity index is 1.95. The van der Waals surface area contributed by atoms with Gasteiger partial charge in [-0.2, -0.15) is 0 Å². The zero-order valence-corrected chi connectivity index (χ0v) is 13.4. The molecular formula is C16H16INO2. The van der Waals surface area contributed by atoms with Crippen molar-refractivity contribution in [3.63, 3.8) is 0 Å². The topological polar surface area (TPSA) is 38.3 Å². The van der Waals surface area contributed by atoms with Crippen LogP contribution in [-0.4, -0.2) is 12.5 Å². The molecule has 0 radical (unpaired) electrons. The second-order valence-electron chi connectivity index (χ2n) is 4.24. The Hall–Kier alpha value is -1.56. The molecule has 2 aromatic rings. The van der Waals surface area contributed by atoms with Gasteiger partial charge in [0.15, 0.2) is 0 Å². The first-order chi connectivity index (χ1) is 9.70. The van der Waals surface area contributed by atoms with Gasteiger partial charge in [-0.25, -0.2) is 0 Å². The van der Waals surface area contributed by atoms with E-state index in [1.165, 1.54) is 0 Å². The van der Waals surface area contributed by atoms with Crippen molar-refractivity contribution in [3.8, 4) is 5.75 Å². The maximum Gasteiger partial charge on any atom is 0.252 e. The van der Waals surface area contributed by atoms with Crippen LogP contribution in [0.1, 0.15) is 22.8 Å². The second-order valence-corrected chi connectivity index (χ2v) is 5.40. The molecule has 104 valence electrons. The number of halogens is 1. The van der Waals surface area contributed by atoms with Gasteiger partial charge in [-0.3, -0.25) is 4.79 Å². The fourth-order valence-corrected chi connectivity index (χ4v) is 2.43. The van der Waals surface area contributed by atoms with Crippen LogP contribution in [-0.2, 0) is 6.54 Å². The van der Waals surface area contributed by atoms with Crippen LogP contribution in [0.5, 0.6) is 5.75 Å². The van der Waals surface area contributed by atoms with Crippen LogP contribution in [0.25, 0.3) is 0 Å². The number of hydrogen-bond acceptors (Lipinski definition) is 2. The molecule has 0 saturated heterocycles. The fourth-order valence-electron chi connectivity index (χ4n) is 1.79. The molecule has 0 aromatic heterocycles. The third kappa shape index (κ3) is 3.96. The van der Waals surface area contributed by atoms with E-state index in [1.807, 2.05) is 55.5 Å². The van der Waals surface area contributed by atoms with E-state index in [2.05, 4.69) is 27.9 Å². The molecule has 0 saturated carbocycles. The van der Waals surface area contributed by atoms with Gasteiger partial charge < -0.3 is 10.1 Å². The Bertz CT molecular complexity index is 581. The normalized spacial score (nSPS) is 10.1. The number of carbonyl (C=O) groups excluding carboxylic acids is 1. The van der Waals surface area contributed by atoms with Crippen molar-refractivity contribution in [2.75, 3.05) is 6.61 Å². The highest BCUT2D eigenvalue weighted by molar-refractivity contribution is 14.1. The molecule has 20 heavy (non-hydrogen) atoms. The summed E-state index contributed by atoms with van der Waals surface area (Å²) in [6.07, 6.45) is 0. The van der Waals surface area contributed by atoms with Crippen LogP contribution < -0.4 is 10.1 Å². The summed E-state index contributed by atoms with van der Waals surface area (Å²) < 4.78 is 6.34. The molecule has 2 aromatic carbocycles. The molecule has 0 atom stereocenters. The molecule has 3 nitrogen and oxygen atoms in total. The first-order valence-corrected chi connectivity index (χ1v) is 7.53. The summed E-state index contributed by atoms with van der Waals surface area (Å²) in [5, 5.41) is 2.92. The summed E-state index contributed by atoms with van der Waals surface area (Å²) in [7, 11) is 0. The molecule has 0 aliphatic rings. The molecule has 0 heterocycles. The van der Waals surface area contributed by atoms with Crippen molar-refractivity contribution in [1.82, 2.24) is 5.32 Å². The van der Waals surface area contributed by atoms with Crippen LogP contribution >= 0.6 is 22.6 Å². The van der Waals surface area contributed by atoms with Crippen LogP contribution in [0.4, 0.5) is 0 Å². The monoisotopic (exact) mass is 381 g/mol. The molecule has 4 heteroatoms. The molecule has 2 rings (SSSR count). The first kappa shape index (κ1) is 14.8. The largest absolute Gasteiger partial charge is 0.494 e. The number of carbonyl (C=O) groups is 1. The van der Waals surface area contributed by atoms with Gasteiger partial charge in [0.1, 0.15) is 5.75 Å². The van der Waals surface area contributed by atoms with E-state index >= 15 is 0 Å². The summed E-state index contributed by atoms with van der Waals surface area (Å²) >= 11 is 2.17. The van der Waals surface area contributed by atoms with Crippen LogP contribution in [0, 0.1) is 3.57 Å². The van der Waals surface area contributed by atoms with Gasteiger partial charge >= 0.3 is 0 Å². The summed E-state index contributed by atoms with van der Waals surface area (Å²) in [4.78, 5) is 12.1. The van der Waals surface area contributed by atoms with E-state index in [0.29, 0.717) is 18.7 Å². The lowest BCUT2D eigenvalue weighted by Gasteiger charge is -2.08. The molecule has 1 amide bonds. The summed E-state index contributed by atoms with van der Waals surface area (Å²) in [5.41, 5.74) is 1.76. The summed E-state index contributed by atoms with van der Waals surface area (Å²) in [6.45, 7) is 3.12. The highest BCUT2D eigenvalue weighted by atomic mass is 127. The van der Waals surface area contributed by atoms with Gasteiger partial charge in [-0.1, -0.05) is 24.3 Å². The van der Waals surface area contributed by atoms with Gasteiger partial charge in [0.2, 0.25) is 0 Å². The van der Waals surface area contributed by atoms with Gasteiger partial charge in [0, 0.05) is 10.1 Å². The van der Waals surface area contributed by atoms with Crippen LogP contribution in [0.2, 0.25) is 0 Å². The molecule has 0 aliphatic carbocycles. The Morgan fingerprint density at radius 3 is 2.50 bits per heavy atom. The van der Waals surface area contributed by atoms with Crippen molar-refractivity contribution in [2.45, 2.75) is 13.5 Å². The lowest BCUT2D eigenvalue weighted by Crippen LogP contribution is -2.23. The summed E-state index contributed by atoms with van der Waals surface area (Å²) in [5.74, 6) is 0.795. The smallest absolute Gasteiger partial charge is 0.252 e. The average Bonchev–Trinajstić information content (AvgIpc) is 2.47. The highest BCUT2D eigenvalue weighted by Crippen LogP contribution is 2.13. The number of rotatable bonds is 5. The molecule has 0 spiro atoms. The number of benzene rings is 2. The van der Waals surface area contributed by atoms with E-state index in [-0.39, 0.29) is 5.91 Å². The lowest BCUT2D eigenvalue weighted by molar-refractivity contribution is 0.0950. The number of hydrogen-bond donors (Lipinski definition) is 1. The van der Waals surface area contributed by atoms with Crippen molar-refractivity contribution >= 4 is 28.5 Å². The standard InChI is InChI=1S/C16H16INO2/c1-2-20-13-9-7-12(8-10-13)11-18-16(19)14-5-3-4-6-15(14)17/h3-10H,2,11H2,1H3,(H,18,19). The van der Waals surface area contributed by atoms with E-state index in [9.17, 15) is 4.79 Å². The molecule has 0 unspecified atom stereocenters. The van der Waals surface area contributed by atoms with Gasteiger partial charge in [-0.15, -0.1) is 0 Å². The second kappa shape index (κ2) is 7.28. The van der Waals surface area contributed by atoms with Crippen molar-refractivity contribution in [3.05, 3.63) is 63.2 Å². The maximum atomic E-state index is 12.1. The van der Waals surface area contributed by atoms with E-state index in [4.69, 9.17) is 4.74 Å². The molecule has 0 fully saturated rings. The van der Waals surface area contributed by atoms with Gasteiger partial charge in [-0.05, 0) is 59.3 Å². The quantitative estimate of drug-likeness (QED) is 0.804.